The van der Waals surface area contributed by atoms with Gasteiger partial charge in [-0.3, -0.25) is 14.9 Å². The lowest BCUT2D eigenvalue weighted by Gasteiger charge is -2.15. The molecule has 1 atom stereocenters. The Morgan fingerprint density at radius 1 is 1.03 bits per heavy atom. The van der Waals surface area contributed by atoms with Crippen LogP contribution in [0.3, 0.4) is 0 Å². The Kier molecular flexibility index (Phi) is 9.51. The van der Waals surface area contributed by atoms with Gasteiger partial charge in [0.2, 0.25) is 11.8 Å². The van der Waals surface area contributed by atoms with Crippen molar-refractivity contribution in [3.05, 3.63) is 81.0 Å². The largest absolute Gasteiger partial charge is 0.493 e. The van der Waals surface area contributed by atoms with E-state index in [4.69, 9.17) is 26.8 Å². The molecule has 0 aliphatic rings. The number of halogens is 1. The summed E-state index contributed by atoms with van der Waals surface area (Å²) >= 11 is 7.36. The van der Waals surface area contributed by atoms with E-state index < -0.39 is 6.04 Å². The molecule has 1 heterocycles. The van der Waals surface area contributed by atoms with Crippen molar-refractivity contribution < 1.29 is 19.1 Å². The highest BCUT2D eigenvalue weighted by molar-refractivity contribution is 7.16. The van der Waals surface area contributed by atoms with Gasteiger partial charge in [0.25, 0.3) is 0 Å². The number of nitrogens with one attached hydrogen (secondary N) is 2. The lowest BCUT2D eigenvalue weighted by Crippen LogP contribution is -2.42. The van der Waals surface area contributed by atoms with Crippen molar-refractivity contribution in [2.24, 2.45) is 10.7 Å². The first-order valence-corrected chi connectivity index (χ1v) is 12.0. The van der Waals surface area contributed by atoms with E-state index in [0.29, 0.717) is 34.4 Å². The number of thiophene rings is 1. The van der Waals surface area contributed by atoms with Crippen molar-refractivity contribution in [3.8, 4) is 11.5 Å². The third kappa shape index (κ3) is 8.01. The van der Waals surface area contributed by atoms with Gasteiger partial charge in [-0.15, -0.1) is 11.3 Å². The topological polar surface area (TPSA) is 115 Å². The first kappa shape index (κ1) is 26.1. The number of nitrogens with zero attached hydrogens (tertiary/aromatic N) is 1. The molecule has 0 aliphatic heterocycles. The molecule has 1 unspecified atom stereocenters. The number of rotatable bonds is 10. The molecule has 0 saturated carbocycles. The highest BCUT2D eigenvalue weighted by Crippen LogP contribution is 2.27. The Morgan fingerprint density at radius 2 is 1.77 bits per heavy atom. The highest BCUT2D eigenvalue weighted by Gasteiger charge is 2.20. The summed E-state index contributed by atoms with van der Waals surface area (Å²) in [6.07, 6.45) is 0.370. The number of guanidine groups is 1. The summed E-state index contributed by atoms with van der Waals surface area (Å²) in [5.41, 5.74) is 7.64. The molecular weight excluding hydrogens is 488 g/mol. The molecule has 4 N–H and O–H groups in total. The number of carbonyl (C=O) groups is 2. The lowest BCUT2D eigenvalue weighted by molar-refractivity contribution is -0.122. The summed E-state index contributed by atoms with van der Waals surface area (Å²) in [6, 6.07) is 17.5. The smallest absolute Gasteiger partial charge is 0.245 e. The Morgan fingerprint density at radius 3 is 2.43 bits per heavy atom. The van der Waals surface area contributed by atoms with Gasteiger partial charge in [-0.1, -0.05) is 48.0 Å². The summed E-state index contributed by atoms with van der Waals surface area (Å²) in [5.74, 6) is 0.273. The molecule has 35 heavy (non-hydrogen) atoms. The molecule has 0 spiro atoms. The quantitative estimate of drug-likeness (QED) is 0.283. The van der Waals surface area contributed by atoms with Crippen LogP contribution >= 0.6 is 22.9 Å². The second-order valence-corrected chi connectivity index (χ2v) is 9.36. The van der Waals surface area contributed by atoms with Crippen molar-refractivity contribution in [3.63, 3.8) is 0 Å². The van der Waals surface area contributed by atoms with Crippen LogP contribution in [0.2, 0.25) is 4.34 Å². The van der Waals surface area contributed by atoms with E-state index in [9.17, 15) is 9.59 Å². The van der Waals surface area contributed by atoms with Crippen LogP contribution in [0.1, 0.15) is 16.0 Å². The fourth-order valence-corrected chi connectivity index (χ4v) is 4.36. The molecule has 2 aromatic carbocycles. The Labute approximate surface area is 213 Å². The maximum atomic E-state index is 12.9. The second-order valence-electron chi connectivity index (χ2n) is 7.56. The van der Waals surface area contributed by atoms with E-state index in [1.807, 2.05) is 36.4 Å². The normalized spacial score (nSPS) is 12.0. The molecule has 2 amide bonds. The van der Waals surface area contributed by atoms with E-state index >= 15 is 0 Å². The molecule has 184 valence electrons. The van der Waals surface area contributed by atoms with Gasteiger partial charge in [-0.2, -0.15) is 0 Å². The molecule has 8 nitrogen and oxygen atoms in total. The van der Waals surface area contributed by atoms with Crippen LogP contribution < -0.4 is 25.8 Å². The van der Waals surface area contributed by atoms with Gasteiger partial charge in [0.15, 0.2) is 17.5 Å². The zero-order valence-electron chi connectivity index (χ0n) is 19.4. The number of hydrogen-bond acceptors (Lipinski definition) is 6. The van der Waals surface area contributed by atoms with Crippen molar-refractivity contribution in [2.75, 3.05) is 14.2 Å². The Hall–Kier alpha value is -3.56. The van der Waals surface area contributed by atoms with Crippen LogP contribution in [-0.2, 0) is 29.0 Å². The van der Waals surface area contributed by atoms with Gasteiger partial charge in [0.1, 0.15) is 6.04 Å². The Bertz CT molecular complexity index is 1180. The predicted octanol–water partition coefficient (Wildman–Crippen LogP) is 3.32. The van der Waals surface area contributed by atoms with Crippen LogP contribution in [0, 0.1) is 0 Å². The average molecular weight is 515 g/mol. The van der Waals surface area contributed by atoms with Crippen molar-refractivity contribution >= 4 is 40.7 Å². The fraction of sp³-hybridized carbons (Fsp3) is 0.240. The monoisotopic (exact) mass is 514 g/mol. The number of carbonyl (C=O) groups excluding carboxylic acids is 2. The van der Waals surface area contributed by atoms with Gasteiger partial charge >= 0.3 is 0 Å². The number of methoxy groups -OCH3 is 2. The number of benzene rings is 2. The van der Waals surface area contributed by atoms with E-state index in [-0.39, 0.29) is 24.2 Å². The summed E-state index contributed by atoms with van der Waals surface area (Å²) in [5, 5.41) is 5.43. The minimum atomic E-state index is -0.825. The van der Waals surface area contributed by atoms with Gasteiger partial charge in [-0.05, 0) is 35.4 Å². The number of hydrogen-bond donors (Lipinski definition) is 3. The third-order valence-electron chi connectivity index (χ3n) is 5.02. The Balaban J connectivity index is 1.68. The van der Waals surface area contributed by atoms with E-state index in [1.165, 1.54) is 18.4 Å². The van der Waals surface area contributed by atoms with Crippen LogP contribution in [0.15, 0.2) is 65.7 Å². The third-order valence-corrected chi connectivity index (χ3v) is 6.25. The molecule has 0 saturated heterocycles. The summed E-state index contributed by atoms with van der Waals surface area (Å²) in [6.45, 7) is 0.322. The molecule has 0 aliphatic carbocycles. The lowest BCUT2D eigenvalue weighted by atomic mass is 10.1. The summed E-state index contributed by atoms with van der Waals surface area (Å²) in [7, 11) is 3.07. The van der Waals surface area contributed by atoms with Crippen LogP contribution in [-0.4, -0.2) is 38.0 Å². The van der Waals surface area contributed by atoms with Crippen molar-refractivity contribution in [1.82, 2.24) is 10.6 Å². The zero-order valence-corrected chi connectivity index (χ0v) is 21.0. The zero-order chi connectivity index (χ0) is 25.2. The summed E-state index contributed by atoms with van der Waals surface area (Å²) in [4.78, 5) is 30.7. The molecule has 3 aromatic rings. The number of aliphatic imine (C=N–C) groups is 1. The standard InChI is InChI=1S/C25H27ClN4O4S/c1-33-20-10-8-17(13-21(20)34-2)14-23(31)30-25(27)29-19(12-16-6-4-3-5-7-16)24(32)28-15-18-9-11-22(26)35-18/h3-11,13,19H,12,14-15H2,1-2H3,(H,28,32)(H3,27,29,30,31). The molecular formula is C25H27ClN4O4S. The minimum Gasteiger partial charge on any atom is -0.493 e. The van der Waals surface area contributed by atoms with Gasteiger partial charge in [-0.25, -0.2) is 4.99 Å². The maximum Gasteiger partial charge on any atom is 0.245 e. The molecule has 10 heteroatoms. The van der Waals surface area contributed by atoms with E-state index in [0.717, 1.165) is 10.4 Å². The molecule has 0 fully saturated rings. The van der Waals surface area contributed by atoms with Gasteiger partial charge in [0.05, 0.1) is 31.5 Å². The summed E-state index contributed by atoms with van der Waals surface area (Å²) < 4.78 is 11.1. The average Bonchev–Trinajstić information content (AvgIpc) is 3.27. The molecule has 1 aromatic heterocycles. The second kappa shape index (κ2) is 12.8. The van der Waals surface area contributed by atoms with Crippen LogP contribution in [0.4, 0.5) is 0 Å². The van der Waals surface area contributed by atoms with Crippen LogP contribution in [0.5, 0.6) is 11.5 Å². The molecule has 0 radical (unpaired) electrons. The molecule has 3 rings (SSSR count). The van der Waals surface area contributed by atoms with E-state index in [2.05, 4.69) is 15.6 Å². The SMILES string of the molecule is COc1ccc(CC(=O)NC(N)=NC(Cc2ccccc2)C(=O)NCc2ccc(Cl)s2)cc1OC. The van der Waals surface area contributed by atoms with Crippen molar-refractivity contribution in [1.29, 1.82) is 0 Å². The van der Waals surface area contributed by atoms with Gasteiger partial charge in [0, 0.05) is 11.3 Å². The first-order valence-electron chi connectivity index (χ1n) is 10.8. The fourth-order valence-electron chi connectivity index (χ4n) is 3.34. The van der Waals surface area contributed by atoms with Crippen LogP contribution in [0.25, 0.3) is 0 Å². The number of nitrogens with two attached hydrogens (primary N) is 1. The maximum absolute atomic E-state index is 12.9. The van der Waals surface area contributed by atoms with E-state index in [1.54, 1.807) is 31.4 Å². The van der Waals surface area contributed by atoms with Crippen molar-refractivity contribution in [2.45, 2.75) is 25.4 Å². The molecule has 0 bridgehead atoms. The number of ether oxygens (including phenoxy) is 2. The number of amides is 2. The first-order chi connectivity index (χ1) is 16.9. The van der Waals surface area contributed by atoms with Gasteiger partial charge < -0.3 is 20.5 Å². The highest BCUT2D eigenvalue weighted by atomic mass is 35.5. The predicted molar refractivity (Wildman–Crippen MR) is 138 cm³/mol. The minimum absolute atomic E-state index is 0.0469.